The van der Waals surface area contributed by atoms with E-state index < -0.39 is 0 Å². The third-order valence-electron chi connectivity index (χ3n) is 4.15. The molecule has 0 radical (unpaired) electrons. The molecule has 3 heterocycles. The van der Waals surface area contributed by atoms with Crippen molar-refractivity contribution in [2.45, 2.75) is 13.3 Å². The maximum absolute atomic E-state index is 12.9. The lowest BCUT2D eigenvalue weighted by atomic mass is 10.1. The Morgan fingerprint density at radius 3 is 2.46 bits per heavy atom. The van der Waals surface area contributed by atoms with Crippen LogP contribution >= 0.6 is 0 Å². The Bertz CT molecular complexity index is 1170. The fourth-order valence-electron chi connectivity index (χ4n) is 2.93. The minimum Gasteiger partial charge on any atom is -0.269 e. The predicted molar refractivity (Wildman–Crippen MR) is 93.9 cm³/mol. The summed E-state index contributed by atoms with van der Waals surface area (Å²) in [4.78, 5) is 30.3. The topological polar surface area (TPSA) is 56.4 Å². The van der Waals surface area contributed by atoms with E-state index in [-0.39, 0.29) is 11.1 Å². The molecule has 4 aromatic rings. The summed E-state index contributed by atoms with van der Waals surface area (Å²) in [6.45, 7) is 1.91. The van der Waals surface area contributed by atoms with Gasteiger partial charge < -0.3 is 0 Å². The molecule has 4 rings (SSSR count). The highest BCUT2D eigenvalue weighted by Crippen LogP contribution is 2.15. The smallest absolute Gasteiger partial charge is 0.267 e. The summed E-state index contributed by atoms with van der Waals surface area (Å²) >= 11 is 0. The quantitative estimate of drug-likeness (QED) is 0.534. The van der Waals surface area contributed by atoms with Crippen LogP contribution in [0.5, 0.6) is 0 Å². The van der Waals surface area contributed by atoms with Crippen molar-refractivity contribution in [2.24, 2.45) is 0 Å². The van der Waals surface area contributed by atoms with Gasteiger partial charge in [0.25, 0.3) is 11.1 Å². The van der Waals surface area contributed by atoms with Crippen molar-refractivity contribution < 1.29 is 0 Å². The van der Waals surface area contributed by atoms with Gasteiger partial charge in [-0.15, -0.1) is 0 Å². The number of aryl methyl sites for hydroxylation is 1. The lowest BCUT2D eigenvalue weighted by molar-refractivity contribution is 0.949. The number of pyridine rings is 2. The zero-order chi connectivity index (χ0) is 16.7. The minimum atomic E-state index is -0.171. The normalized spacial score (nSPS) is 11.2. The SMILES string of the molecule is CCc1cc2c(=O)n3ccccc3nc2n(-c2ccccc2)c1=O. The van der Waals surface area contributed by atoms with Crippen molar-refractivity contribution in [1.29, 1.82) is 0 Å². The van der Waals surface area contributed by atoms with Gasteiger partial charge in [0, 0.05) is 11.8 Å². The summed E-state index contributed by atoms with van der Waals surface area (Å²) in [5, 5.41) is 0.444. The number of fused-ring (bicyclic) bond motifs is 2. The molecule has 118 valence electrons. The molecule has 0 saturated carbocycles. The van der Waals surface area contributed by atoms with Gasteiger partial charge in [0.15, 0.2) is 5.65 Å². The summed E-state index contributed by atoms with van der Waals surface area (Å²) < 4.78 is 3.03. The van der Waals surface area contributed by atoms with E-state index in [1.54, 1.807) is 24.4 Å². The van der Waals surface area contributed by atoms with Gasteiger partial charge in [-0.05, 0) is 36.8 Å². The van der Waals surface area contributed by atoms with E-state index in [2.05, 4.69) is 4.98 Å². The summed E-state index contributed by atoms with van der Waals surface area (Å²) in [6, 6.07) is 16.3. The largest absolute Gasteiger partial charge is 0.269 e. The highest BCUT2D eigenvalue weighted by molar-refractivity contribution is 5.78. The number of para-hydroxylation sites is 1. The van der Waals surface area contributed by atoms with Crippen LogP contribution < -0.4 is 11.1 Å². The van der Waals surface area contributed by atoms with Crippen LogP contribution in [0.25, 0.3) is 22.4 Å². The van der Waals surface area contributed by atoms with E-state index in [1.165, 1.54) is 8.97 Å². The average Bonchev–Trinajstić information content (AvgIpc) is 2.62. The van der Waals surface area contributed by atoms with Crippen LogP contribution in [-0.4, -0.2) is 14.0 Å². The van der Waals surface area contributed by atoms with Crippen molar-refractivity contribution in [3.63, 3.8) is 0 Å². The van der Waals surface area contributed by atoms with Gasteiger partial charge in [-0.1, -0.05) is 31.2 Å². The molecule has 1 aromatic carbocycles. The molecule has 0 spiro atoms. The monoisotopic (exact) mass is 317 g/mol. The second kappa shape index (κ2) is 5.45. The zero-order valence-corrected chi connectivity index (χ0v) is 13.1. The van der Waals surface area contributed by atoms with Gasteiger partial charge in [-0.2, -0.15) is 0 Å². The van der Waals surface area contributed by atoms with E-state index in [0.717, 1.165) is 0 Å². The third-order valence-corrected chi connectivity index (χ3v) is 4.15. The molecule has 3 aromatic heterocycles. The lowest BCUT2D eigenvalue weighted by Crippen LogP contribution is -2.26. The van der Waals surface area contributed by atoms with E-state index in [9.17, 15) is 9.59 Å². The number of nitrogens with zero attached hydrogens (tertiary/aromatic N) is 3. The molecule has 0 saturated heterocycles. The molecule has 5 heteroatoms. The van der Waals surface area contributed by atoms with Crippen molar-refractivity contribution >= 4 is 16.7 Å². The zero-order valence-electron chi connectivity index (χ0n) is 13.1. The molecular formula is C19H15N3O2. The molecule has 0 N–H and O–H groups in total. The third kappa shape index (κ3) is 2.06. The number of hydrogen-bond donors (Lipinski definition) is 0. The Morgan fingerprint density at radius 2 is 1.71 bits per heavy atom. The second-order valence-electron chi connectivity index (χ2n) is 5.58. The Labute approximate surface area is 137 Å². The van der Waals surface area contributed by atoms with Crippen LogP contribution in [0.4, 0.5) is 0 Å². The van der Waals surface area contributed by atoms with E-state index in [0.29, 0.717) is 34.4 Å². The molecule has 0 unspecified atom stereocenters. The van der Waals surface area contributed by atoms with Gasteiger partial charge in [0.05, 0.1) is 11.1 Å². The number of rotatable bonds is 2. The first-order valence-corrected chi connectivity index (χ1v) is 7.82. The second-order valence-corrected chi connectivity index (χ2v) is 5.58. The fraction of sp³-hybridized carbons (Fsp3) is 0.105. The summed E-state index contributed by atoms with van der Waals surface area (Å²) in [5.41, 5.74) is 1.90. The Kier molecular flexibility index (Phi) is 3.27. The van der Waals surface area contributed by atoms with Crippen LogP contribution in [0.15, 0.2) is 70.4 Å². The Morgan fingerprint density at radius 1 is 0.958 bits per heavy atom. The molecule has 0 aliphatic heterocycles. The van der Waals surface area contributed by atoms with Crippen LogP contribution in [0.3, 0.4) is 0 Å². The number of aromatic nitrogens is 3. The molecule has 0 amide bonds. The van der Waals surface area contributed by atoms with Crippen molar-refractivity contribution in [2.75, 3.05) is 0 Å². The van der Waals surface area contributed by atoms with Gasteiger partial charge in [0.1, 0.15) is 5.65 Å². The molecule has 0 fully saturated rings. The maximum atomic E-state index is 12.9. The summed E-state index contributed by atoms with van der Waals surface area (Å²) in [7, 11) is 0. The molecule has 5 nitrogen and oxygen atoms in total. The standard InChI is InChI=1S/C19H15N3O2/c1-2-13-12-15-17(20-16-10-6-7-11-21(16)19(15)24)22(18(13)23)14-8-4-3-5-9-14/h3-12H,2H2,1H3. The average molecular weight is 317 g/mol. The predicted octanol–water partition coefficient (Wildman–Crippen LogP) is 2.56. The maximum Gasteiger partial charge on any atom is 0.267 e. The first-order valence-electron chi connectivity index (χ1n) is 7.82. The molecule has 0 bridgehead atoms. The summed E-state index contributed by atoms with van der Waals surface area (Å²) in [6.07, 6.45) is 2.24. The molecule has 0 aliphatic rings. The number of benzene rings is 1. The van der Waals surface area contributed by atoms with Crippen LogP contribution in [0.2, 0.25) is 0 Å². The highest BCUT2D eigenvalue weighted by Gasteiger charge is 2.15. The van der Waals surface area contributed by atoms with Crippen LogP contribution in [0, 0.1) is 0 Å². The number of hydrogen-bond acceptors (Lipinski definition) is 3. The summed E-state index contributed by atoms with van der Waals surface area (Å²) in [5.74, 6) is 0. The first-order chi connectivity index (χ1) is 11.7. The Balaban J connectivity index is 2.27. The van der Waals surface area contributed by atoms with Gasteiger partial charge in [-0.25, -0.2) is 4.98 Å². The van der Waals surface area contributed by atoms with E-state index in [1.807, 2.05) is 43.3 Å². The van der Waals surface area contributed by atoms with Gasteiger partial charge >= 0.3 is 0 Å². The van der Waals surface area contributed by atoms with Crippen molar-refractivity contribution in [1.82, 2.24) is 14.0 Å². The molecular weight excluding hydrogens is 302 g/mol. The Hall–Kier alpha value is -3.21. The first kappa shape index (κ1) is 14.4. The fourth-order valence-corrected chi connectivity index (χ4v) is 2.93. The lowest BCUT2D eigenvalue weighted by Gasteiger charge is -2.12. The van der Waals surface area contributed by atoms with Gasteiger partial charge in [0.2, 0.25) is 0 Å². The van der Waals surface area contributed by atoms with E-state index >= 15 is 0 Å². The van der Waals surface area contributed by atoms with Crippen molar-refractivity contribution in [3.05, 3.63) is 87.1 Å². The minimum absolute atomic E-state index is 0.136. The van der Waals surface area contributed by atoms with E-state index in [4.69, 9.17) is 0 Å². The van der Waals surface area contributed by atoms with Crippen LogP contribution in [-0.2, 0) is 6.42 Å². The molecule has 24 heavy (non-hydrogen) atoms. The molecule has 0 aliphatic carbocycles. The highest BCUT2D eigenvalue weighted by atomic mass is 16.1. The van der Waals surface area contributed by atoms with Crippen LogP contribution in [0.1, 0.15) is 12.5 Å². The van der Waals surface area contributed by atoms with Crippen molar-refractivity contribution in [3.8, 4) is 5.69 Å². The van der Waals surface area contributed by atoms with Gasteiger partial charge in [-0.3, -0.25) is 18.6 Å². The molecule has 0 atom stereocenters.